The van der Waals surface area contributed by atoms with Crippen LogP contribution in [0.5, 0.6) is 0 Å². The second kappa shape index (κ2) is 5.78. The van der Waals surface area contributed by atoms with Gasteiger partial charge in [0.2, 0.25) is 5.91 Å². The first-order valence-corrected chi connectivity index (χ1v) is 6.45. The predicted molar refractivity (Wildman–Crippen MR) is 71.3 cm³/mol. The van der Waals surface area contributed by atoms with E-state index in [1.165, 1.54) is 0 Å². The molecule has 1 atom stereocenters. The summed E-state index contributed by atoms with van der Waals surface area (Å²) in [7, 11) is 0. The normalized spacial score (nSPS) is 18.7. The minimum absolute atomic E-state index is 0.202. The van der Waals surface area contributed by atoms with Crippen molar-refractivity contribution in [3.05, 3.63) is 34.9 Å². The molecule has 0 spiro atoms. The summed E-state index contributed by atoms with van der Waals surface area (Å²) in [5.41, 5.74) is 1.79. The van der Waals surface area contributed by atoms with Crippen molar-refractivity contribution < 1.29 is 14.4 Å². The first-order valence-electron chi connectivity index (χ1n) is 6.45. The van der Waals surface area contributed by atoms with Gasteiger partial charge in [-0.2, -0.15) is 0 Å². The number of rotatable bonds is 5. The number of carbonyl (C=O) groups excluding carboxylic acids is 3. The minimum atomic E-state index is 0.202. The van der Waals surface area contributed by atoms with Crippen molar-refractivity contribution in [2.24, 2.45) is 5.92 Å². The van der Waals surface area contributed by atoms with Crippen LogP contribution < -0.4 is 0 Å². The van der Waals surface area contributed by atoms with E-state index in [0.29, 0.717) is 49.0 Å². The van der Waals surface area contributed by atoms with Crippen LogP contribution in [0.3, 0.4) is 0 Å². The summed E-state index contributed by atoms with van der Waals surface area (Å²) in [6, 6.07) is 5.21. The van der Waals surface area contributed by atoms with E-state index in [-0.39, 0.29) is 5.91 Å². The molecule has 1 unspecified atom stereocenters. The summed E-state index contributed by atoms with van der Waals surface area (Å²) < 4.78 is 0. The highest BCUT2D eigenvalue weighted by molar-refractivity contribution is 5.90. The number of benzene rings is 1. The molecule has 0 N–H and O–H groups in total. The molecule has 0 radical (unpaired) electrons. The molecule has 1 amide bonds. The maximum absolute atomic E-state index is 11.7. The predicted octanol–water partition coefficient (Wildman–Crippen LogP) is 1.72. The van der Waals surface area contributed by atoms with Crippen LogP contribution in [0.1, 0.15) is 39.6 Å². The lowest BCUT2D eigenvalue weighted by molar-refractivity contribution is -0.127. The quantitative estimate of drug-likeness (QED) is 0.757. The number of likely N-dealkylation sites (tertiary alicyclic amines) is 1. The van der Waals surface area contributed by atoms with Gasteiger partial charge in [-0.25, -0.2) is 0 Å². The van der Waals surface area contributed by atoms with Crippen LogP contribution >= 0.6 is 0 Å². The fourth-order valence-electron chi connectivity index (χ4n) is 2.44. The summed E-state index contributed by atoms with van der Waals surface area (Å²) in [5, 5.41) is 0. The lowest BCUT2D eigenvalue weighted by atomic mass is 10.0. The van der Waals surface area contributed by atoms with Crippen molar-refractivity contribution in [2.75, 3.05) is 13.1 Å². The van der Waals surface area contributed by atoms with Crippen LogP contribution in [0.15, 0.2) is 18.2 Å². The van der Waals surface area contributed by atoms with Gasteiger partial charge < -0.3 is 4.90 Å². The zero-order valence-electron chi connectivity index (χ0n) is 11.0. The van der Waals surface area contributed by atoms with E-state index in [1.54, 1.807) is 12.1 Å². The van der Waals surface area contributed by atoms with Crippen LogP contribution in [0.4, 0.5) is 0 Å². The molecule has 0 saturated carbocycles. The molecule has 1 aromatic rings. The fraction of sp³-hybridized carbons (Fsp3) is 0.400. The van der Waals surface area contributed by atoms with E-state index >= 15 is 0 Å². The maximum atomic E-state index is 11.7. The van der Waals surface area contributed by atoms with Crippen molar-refractivity contribution in [3.8, 4) is 0 Å². The molecule has 0 bridgehead atoms. The van der Waals surface area contributed by atoms with Gasteiger partial charge in [-0.1, -0.05) is 19.1 Å². The molecule has 1 heterocycles. The highest BCUT2D eigenvalue weighted by Gasteiger charge is 2.25. The molecule has 1 saturated heterocycles. The molecule has 4 heteroatoms. The van der Waals surface area contributed by atoms with Gasteiger partial charge >= 0.3 is 0 Å². The lowest BCUT2D eigenvalue weighted by Gasteiger charge is -2.16. The van der Waals surface area contributed by atoms with Gasteiger partial charge in [-0.15, -0.1) is 0 Å². The molecule has 1 aromatic carbocycles. The zero-order valence-corrected chi connectivity index (χ0v) is 11.0. The first-order chi connectivity index (χ1) is 9.13. The van der Waals surface area contributed by atoms with Crippen LogP contribution in [-0.4, -0.2) is 36.5 Å². The van der Waals surface area contributed by atoms with Crippen LogP contribution in [0.2, 0.25) is 0 Å². The largest absolute Gasteiger partial charge is 0.342 e. The van der Waals surface area contributed by atoms with Crippen LogP contribution in [0.25, 0.3) is 0 Å². The van der Waals surface area contributed by atoms with E-state index in [9.17, 15) is 14.4 Å². The minimum Gasteiger partial charge on any atom is -0.342 e. The topological polar surface area (TPSA) is 54.5 Å². The van der Waals surface area contributed by atoms with E-state index in [4.69, 9.17) is 0 Å². The summed E-state index contributed by atoms with van der Waals surface area (Å²) in [6.07, 6.45) is 2.71. The molecule has 1 aliphatic heterocycles. The standard InChI is InChI=1S/C15H17NO3/c1-11-6-15(19)16(8-11)5-4-12-2-3-13(9-17)14(7-12)10-18/h2-3,7,9-11H,4-6,8H2,1H3. The molecule has 1 fully saturated rings. The smallest absolute Gasteiger partial charge is 0.222 e. The third-order valence-electron chi connectivity index (χ3n) is 3.48. The third-order valence-corrected chi connectivity index (χ3v) is 3.48. The van der Waals surface area contributed by atoms with Crippen LogP contribution in [-0.2, 0) is 11.2 Å². The number of nitrogens with zero attached hydrogens (tertiary/aromatic N) is 1. The molecular formula is C15H17NO3. The molecule has 2 rings (SSSR count). The number of aldehydes is 2. The number of hydrogen-bond acceptors (Lipinski definition) is 3. The summed E-state index contributed by atoms with van der Waals surface area (Å²) in [4.78, 5) is 35.1. The second-order valence-corrected chi connectivity index (χ2v) is 5.10. The van der Waals surface area contributed by atoms with Crippen molar-refractivity contribution in [3.63, 3.8) is 0 Å². The Bertz CT molecular complexity index is 510. The Morgan fingerprint density at radius 1 is 1.26 bits per heavy atom. The molecular weight excluding hydrogens is 242 g/mol. The average molecular weight is 259 g/mol. The van der Waals surface area contributed by atoms with Crippen molar-refractivity contribution in [1.82, 2.24) is 4.90 Å². The van der Waals surface area contributed by atoms with Crippen molar-refractivity contribution in [1.29, 1.82) is 0 Å². The van der Waals surface area contributed by atoms with Gasteiger partial charge in [0, 0.05) is 30.6 Å². The van der Waals surface area contributed by atoms with Gasteiger partial charge in [0.1, 0.15) is 0 Å². The summed E-state index contributed by atoms with van der Waals surface area (Å²) >= 11 is 0. The molecule has 0 aliphatic carbocycles. The Hall–Kier alpha value is -1.97. The van der Waals surface area contributed by atoms with Gasteiger partial charge in [0.05, 0.1) is 0 Å². The Kier molecular flexibility index (Phi) is 4.10. The molecule has 0 aromatic heterocycles. The summed E-state index contributed by atoms with van der Waals surface area (Å²) in [6.45, 7) is 3.55. The Morgan fingerprint density at radius 3 is 2.58 bits per heavy atom. The maximum Gasteiger partial charge on any atom is 0.222 e. The van der Waals surface area contributed by atoms with E-state index in [2.05, 4.69) is 6.92 Å². The van der Waals surface area contributed by atoms with E-state index < -0.39 is 0 Å². The number of amides is 1. The monoisotopic (exact) mass is 259 g/mol. The van der Waals surface area contributed by atoms with E-state index in [1.807, 2.05) is 11.0 Å². The molecule has 4 nitrogen and oxygen atoms in total. The van der Waals surface area contributed by atoms with Gasteiger partial charge in [0.15, 0.2) is 12.6 Å². The number of hydrogen-bond donors (Lipinski definition) is 0. The van der Waals surface area contributed by atoms with Gasteiger partial charge in [-0.05, 0) is 24.0 Å². The van der Waals surface area contributed by atoms with Crippen molar-refractivity contribution in [2.45, 2.75) is 19.8 Å². The molecule has 19 heavy (non-hydrogen) atoms. The lowest BCUT2D eigenvalue weighted by Crippen LogP contribution is -2.27. The summed E-state index contributed by atoms with van der Waals surface area (Å²) in [5.74, 6) is 0.628. The highest BCUT2D eigenvalue weighted by atomic mass is 16.2. The van der Waals surface area contributed by atoms with Crippen LogP contribution in [0, 0.1) is 5.92 Å². The third kappa shape index (κ3) is 3.08. The van der Waals surface area contributed by atoms with Crippen molar-refractivity contribution >= 4 is 18.5 Å². The SMILES string of the molecule is CC1CC(=O)N(CCc2ccc(C=O)c(C=O)c2)C1. The Morgan fingerprint density at radius 2 is 2.00 bits per heavy atom. The molecule has 1 aliphatic rings. The number of carbonyl (C=O) groups is 3. The Balaban J connectivity index is 2.02. The molecule has 100 valence electrons. The van der Waals surface area contributed by atoms with Gasteiger partial charge in [-0.3, -0.25) is 14.4 Å². The highest BCUT2D eigenvalue weighted by Crippen LogP contribution is 2.17. The fourth-order valence-corrected chi connectivity index (χ4v) is 2.44. The second-order valence-electron chi connectivity index (χ2n) is 5.10. The average Bonchev–Trinajstić information content (AvgIpc) is 2.74. The first kappa shape index (κ1) is 13.5. The Labute approximate surface area is 112 Å². The van der Waals surface area contributed by atoms with E-state index in [0.717, 1.165) is 12.1 Å². The van der Waals surface area contributed by atoms with Gasteiger partial charge in [0.25, 0.3) is 0 Å². The zero-order chi connectivity index (χ0) is 13.8.